The van der Waals surface area contributed by atoms with Crippen LogP contribution in [0.5, 0.6) is 11.8 Å². The molecule has 0 aliphatic carbocycles. The second-order valence-corrected chi connectivity index (χ2v) is 8.98. The maximum absolute atomic E-state index is 12.7. The summed E-state index contributed by atoms with van der Waals surface area (Å²) in [6, 6.07) is 7.63. The predicted octanol–water partition coefficient (Wildman–Crippen LogP) is 2.24. The fraction of sp³-hybridized carbons (Fsp3) is 0.520. The Morgan fingerprint density at radius 1 is 1.22 bits per heavy atom. The number of methoxy groups -OCH3 is 1. The van der Waals surface area contributed by atoms with E-state index in [2.05, 4.69) is 27.2 Å². The number of aromatic amines is 1. The minimum Gasteiger partial charge on any atom is -0.490 e. The number of anilines is 1. The van der Waals surface area contributed by atoms with Crippen molar-refractivity contribution < 1.29 is 19.0 Å². The molecule has 3 heterocycles. The number of esters is 1. The smallest absolute Gasteiger partial charge is 0.328 e. The maximum Gasteiger partial charge on any atom is 0.328 e. The van der Waals surface area contributed by atoms with E-state index >= 15 is 0 Å². The Hall–Kier alpha value is -3.60. The molecule has 11 heteroatoms. The van der Waals surface area contributed by atoms with Crippen LogP contribution < -0.4 is 26.2 Å². The Morgan fingerprint density at radius 3 is 2.67 bits per heavy atom. The molecule has 0 bridgehead atoms. The molecule has 1 saturated heterocycles. The summed E-state index contributed by atoms with van der Waals surface area (Å²) in [5, 5.41) is 3.34. The van der Waals surface area contributed by atoms with E-state index in [1.807, 2.05) is 24.3 Å². The minimum atomic E-state index is -0.332. The van der Waals surface area contributed by atoms with Crippen molar-refractivity contribution in [2.45, 2.75) is 51.7 Å². The van der Waals surface area contributed by atoms with E-state index in [0.717, 1.165) is 44.3 Å². The number of unbranched alkanes of at least 4 members (excludes halogenated alkanes) is 1. The SMILES string of the molecule is CCCCOc1nc(N)c2[nH]c(=O)n(Cc3ccc(OC(CC(=O)OC)C4CCNCC4)cc3)c2n1. The number of benzene rings is 1. The summed E-state index contributed by atoms with van der Waals surface area (Å²) < 4.78 is 18.2. The number of carbonyl (C=O) groups excluding carboxylic acids is 1. The molecule has 1 unspecified atom stereocenters. The number of fused-ring (bicyclic) bond motifs is 1. The van der Waals surface area contributed by atoms with Crippen LogP contribution in [-0.4, -0.2) is 58.4 Å². The van der Waals surface area contributed by atoms with Crippen LogP contribution in [0.15, 0.2) is 29.1 Å². The molecule has 1 aromatic carbocycles. The average Bonchev–Trinajstić information content (AvgIpc) is 3.20. The van der Waals surface area contributed by atoms with E-state index in [9.17, 15) is 9.59 Å². The van der Waals surface area contributed by atoms with Crippen molar-refractivity contribution in [2.24, 2.45) is 5.92 Å². The van der Waals surface area contributed by atoms with Crippen LogP contribution in [0.2, 0.25) is 0 Å². The van der Waals surface area contributed by atoms with Crippen molar-refractivity contribution in [1.29, 1.82) is 0 Å². The van der Waals surface area contributed by atoms with Gasteiger partial charge in [0.05, 0.1) is 26.7 Å². The van der Waals surface area contributed by atoms with E-state index < -0.39 is 0 Å². The van der Waals surface area contributed by atoms with Crippen molar-refractivity contribution in [3.05, 3.63) is 40.3 Å². The number of piperidine rings is 1. The van der Waals surface area contributed by atoms with Gasteiger partial charge in [0.15, 0.2) is 11.5 Å². The zero-order valence-corrected chi connectivity index (χ0v) is 20.8. The lowest BCUT2D eigenvalue weighted by Crippen LogP contribution is -2.38. The summed E-state index contributed by atoms with van der Waals surface area (Å²) in [6.45, 7) is 4.64. The Bertz CT molecular complexity index is 1220. The highest BCUT2D eigenvalue weighted by Crippen LogP contribution is 2.25. The first-order valence-electron chi connectivity index (χ1n) is 12.4. The number of nitrogen functional groups attached to an aromatic ring is 1. The zero-order chi connectivity index (χ0) is 25.5. The van der Waals surface area contributed by atoms with Gasteiger partial charge in [-0.1, -0.05) is 25.5 Å². The van der Waals surface area contributed by atoms with Gasteiger partial charge in [-0.3, -0.25) is 9.36 Å². The summed E-state index contributed by atoms with van der Waals surface area (Å²) in [5.74, 6) is 0.818. The van der Waals surface area contributed by atoms with Crippen LogP contribution in [0.3, 0.4) is 0 Å². The molecule has 0 saturated carbocycles. The first-order valence-corrected chi connectivity index (χ1v) is 12.4. The molecule has 0 radical (unpaired) electrons. The molecule has 4 rings (SSSR count). The van der Waals surface area contributed by atoms with Gasteiger partial charge in [-0.25, -0.2) is 4.79 Å². The number of hydrogen-bond acceptors (Lipinski definition) is 9. The average molecular weight is 499 g/mol. The monoisotopic (exact) mass is 498 g/mol. The van der Waals surface area contributed by atoms with E-state index in [1.165, 1.54) is 11.7 Å². The van der Waals surface area contributed by atoms with Crippen molar-refractivity contribution in [3.8, 4) is 11.8 Å². The number of nitrogens with one attached hydrogen (secondary N) is 2. The van der Waals surface area contributed by atoms with Crippen molar-refractivity contribution in [2.75, 3.05) is 32.5 Å². The topological polar surface area (TPSA) is 146 Å². The molecule has 194 valence electrons. The van der Waals surface area contributed by atoms with Crippen molar-refractivity contribution in [1.82, 2.24) is 24.8 Å². The molecule has 1 aliphatic rings. The molecule has 0 spiro atoms. The van der Waals surface area contributed by atoms with Gasteiger partial charge < -0.3 is 30.2 Å². The third-order valence-electron chi connectivity index (χ3n) is 6.42. The van der Waals surface area contributed by atoms with E-state index in [0.29, 0.717) is 23.5 Å². The van der Waals surface area contributed by atoms with Gasteiger partial charge in [0, 0.05) is 0 Å². The summed E-state index contributed by atoms with van der Waals surface area (Å²) in [5.41, 5.74) is 7.36. The van der Waals surface area contributed by atoms with E-state index in [-0.39, 0.29) is 48.5 Å². The van der Waals surface area contributed by atoms with Crippen molar-refractivity contribution in [3.63, 3.8) is 0 Å². The third kappa shape index (κ3) is 6.14. The standard InChI is InChI=1S/C25H34N6O5/c1-3-4-13-35-24-29-22(26)21-23(30-24)31(25(33)28-21)15-16-5-7-18(8-6-16)36-19(14-20(32)34-2)17-9-11-27-12-10-17/h5-8,17,19,27H,3-4,9-15H2,1-2H3,(H,28,33)(H2,26,29,30). The first kappa shape index (κ1) is 25.5. The fourth-order valence-electron chi connectivity index (χ4n) is 4.35. The van der Waals surface area contributed by atoms with E-state index in [4.69, 9.17) is 19.9 Å². The minimum absolute atomic E-state index is 0.152. The highest BCUT2D eigenvalue weighted by Gasteiger charge is 2.28. The molecule has 4 N–H and O–H groups in total. The number of imidazole rings is 1. The third-order valence-corrected chi connectivity index (χ3v) is 6.42. The Kier molecular flexibility index (Phi) is 8.42. The lowest BCUT2D eigenvalue weighted by molar-refractivity contribution is -0.143. The van der Waals surface area contributed by atoms with E-state index in [1.54, 1.807) is 0 Å². The second kappa shape index (κ2) is 11.9. The van der Waals surface area contributed by atoms with Crippen LogP contribution in [0.25, 0.3) is 11.2 Å². The number of nitrogens with two attached hydrogens (primary N) is 1. The Balaban J connectivity index is 1.50. The lowest BCUT2D eigenvalue weighted by atomic mass is 9.90. The second-order valence-electron chi connectivity index (χ2n) is 8.98. The van der Waals surface area contributed by atoms with Crippen LogP contribution in [-0.2, 0) is 16.1 Å². The summed E-state index contributed by atoms with van der Waals surface area (Å²) in [6.07, 6.45) is 3.68. The van der Waals surface area contributed by atoms with Gasteiger partial charge in [0.25, 0.3) is 0 Å². The number of H-pyrrole nitrogens is 1. The molecule has 0 amide bonds. The molecule has 36 heavy (non-hydrogen) atoms. The predicted molar refractivity (Wildman–Crippen MR) is 135 cm³/mol. The van der Waals surface area contributed by atoms with Crippen LogP contribution in [0.4, 0.5) is 5.82 Å². The number of rotatable bonds is 11. The molecule has 1 fully saturated rings. The first-order chi connectivity index (χ1) is 17.5. The van der Waals surface area contributed by atoms with Gasteiger partial charge in [-0.05, 0) is 56.0 Å². The maximum atomic E-state index is 12.7. The molecule has 2 aromatic heterocycles. The van der Waals surface area contributed by atoms with Crippen LogP contribution in [0, 0.1) is 5.92 Å². The summed E-state index contributed by atoms with van der Waals surface area (Å²) in [7, 11) is 1.39. The number of nitrogens with zero attached hydrogens (tertiary/aromatic N) is 3. The number of carbonyl (C=O) groups is 1. The molecule has 1 atom stereocenters. The number of aromatic nitrogens is 4. The Morgan fingerprint density at radius 2 is 1.97 bits per heavy atom. The highest BCUT2D eigenvalue weighted by molar-refractivity contribution is 5.82. The molecule has 11 nitrogen and oxygen atoms in total. The molecular weight excluding hydrogens is 464 g/mol. The van der Waals surface area contributed by atoms with Gasteiger partial charge in [0.1, 0.15) is 17.4 Å². The normalized spacial score (nSPS) is 15.1. The van der Waals surface area contributed by atoms with Gasteiger partial charge >= 0.3 is 17.7 Å². The number of ether oxygens (including phenoxy) is 3. The largest absolute Gasteiger partial charge is 0.490 e. The highest BCUT2D eigenvalue weighted by atomic mass is 16.5. The zero-order valence-electron chi connectivity index (χ0n) is 20.8. The fourth-order valence-corrected chi connectivity index (χ4v) is 4.35. The summed E-state index contributed by atoms with van der Waals surface area (Å²) in [4.78, 5) is 35.9. The summed E-state index contributed by atoms with van der Waals surface area (Å²) >= 11 is 0. The molecular formula is C25H34N6O5. The molecule has 1 aliphatic heterocycles. The molecule has 3 aromatic rings. The quantitative estimate of drug-likeness (QED) is 0.267. The Labute approximate surface area is 209 Å². The van der Waals surface area contributed by atoms with Crippen LogP contribution in [0.1, 0.15) is 44.6 Å². The van der Waals surface area contributed by atoms with Gasteiger partial charge in [-0.2, -0.15) is 9.97 Å². The van der Waals surface area contributed by atoms with Crippen molar-refractivity contribution >= 4 is 23.0 Å². The number of hydrogen-bond donors (Lipinski definition) is 3. The van der Waals surface area contributed by atoms with Crippen LogP contribution >= 0.6 is 0 Å². The van der Waals surface area contributed by atoms with Gasteiger partial charge in [-0.15, -0.1) is 0 Å². The van der Waals surface area contributed by atoms with Gasteiger partial charge in [0.2, 0.25) is 0 Å². The lowest BCUT2D eigenvalue weighted by Gasteiger charge is -2.30.